The Balaban J connectivity index is 2.64. The highest BCUT2D eigenvalue weighted by atomic mass is 16.6. The first-order chi connectivity index (χ1) is 8.24. The van der Waals surface area contributed by atoms with Crippen molar-refractivity contribution < 1.29 is 19.1 Å². The van der Waals surface area contributed by atoms with Crippen molar-refractivity contribution in [2.24, 2.45) is 0 Å². The molecule has 1 rings (SSSR count). The van der Waals surface area contributed by atoms with Crippen molar-refractivity contribution in [1.29, 1.82) is 0 Å². The maximum absolute atomic E-state index is 11.9. The lowest BCUT2D eigenvalue weighted by molar-refractivity contribution is -0.148. The van der Waals surface area contributed by atoms with Crippen LogP contribution in [0, 0.1) is 0 Å². The summed E-state index contributed by atoms with van der Waals surface area (Å²) in [6.07, 6.45) is -0.385. The molecular weight excluding hydrogens is 236 g/mol. The third-order valence-electron chi connectivity index (χ3n) is 2.77. The lowest BCUT2D eigenvalue weighted by Crippen LogP contribution is -2.57. The smallest absolute Gasteiger partial charge is 0.410 e. The lowest BCUT2D eigenvalue weighted by atomic mass is 10.2. The fourth-order valence-corrected chi connectivity index (χ4v) is 1.76. The summed E-state index contributed by atoms with van der Waals surface area (Å²) < 4.78 is 10.0. The van der Waals surface area contributed by atoms with Crippen LogP contribution in [0.15, 0.2) is 0 Å². The molecule has 1 atom stereocenters. The summed E-state index contributed by atoms with van der Waals surface area (Å²) in [6, 6.07) is -0.420. The van der Waals surface area contributed by atoms with Gasteiger partial charge in [0.1, 0.15) is 11.6 Å². The second kappa shape index (κ2) is 5.56. The number of amides is 1. The van der Waals surface area contributed by atoms with E-state index < -0.39 is 11.6 Å². The molecule has 0 aromatic rings. The average Bonchev–Trinajstić information content (AvgIpc) is 2.26. The van der Waals surface area contributed by atoms with Crippen LogP contribution >= 0.6 is 0 Å². The molecule has 6 heteroatoms. The highest BCUT2D eigenvalue weighted by Crippen LogP contribution is 2.14. The summed E-state index contributed by atoms with van der Waals surface area (Å²) in [5, 5.41) is 0. The third-order valence-corrected chi connectivity index (χ3v) is 2.77. The molecule has 0 unspecified atom stereocenters. The zero-order valence-corrected chi connectivity index (χ0v) is 11.7. The molecule has 1 fully saturated rings. The molecule has 0 bridgehead atoms. The minimum Gasteiger partial charge on any atom is -0.468 e. The van der Waals surface area contributed by atoms with E-state index in [4.69, 9.17) is 9.47 Å². The molecule has 0 saturated carbocycles. The van der Waals surface area contributed by atoms with Gasteiger partial charge in [0.25, 0.3) is 0 Å². The number of piperazine rings is 1. The maximum Gasteiger partial charge on any atom is 0.410 e. The highest BCUT2D eigenvalue weighted by molar-refractivity contribution is 5.77. The maximum atomic E-state index is 11.9. The summed E-state index contributed by atoms with van der Waals surface area (Å²) in [4.78, 5) is 26.9. The molecule has 0 spiro atoms. The summed E-state index contributed by atoms with van der Waals surface area (Å²) in [5.74, 6) is -0.328. The van der Waals surface area contributed by atoms with E-state index in [9.17, 15) is 9.59 Å². The number of nitrogens with zero attached hydrogens (tertiary/aromatic N) is 2. The van der Waals surface area contributed by atoms with Crippen molar-refractivity contribution in [2.45, 2.75) is 32.4 Å². The number of esters is 1. The Labute approximate surface area is 108 Å². The second-order valence-corrected chi connectivity index (χ2v) is 5.45. The van der Waals surface area contributed by atoms with Crippen LogP contribution in [0.4, 0.5) is 4.79 Å². The van der Waals surface area contributed by atoms with Gasteiger partial charge in [0.2, 0.25) is 0 Å². The van der Waals surface area contributed by atoms with Crippen LogP contribution in [0.1, 0.15) is 20.8 Å². The van der Waals surface area contributed by atoms with E-state index in [1.807, 2.05) is 32.7 Å². The Bertz CT molecular complexity index is 325. The van der Waals surface area contributed by atoms with E-state index in [-0.39, 0.29) is 12.1 Å². The van der Waals surface area contributed by atoms with Gasteiger partial charge in [-0.3, -0.25) is 9.69 Å². The Morgan fingerprint density at radius 1 is 1.22 bits per heavy atom. The molecule has 0 radical (unpaired) electrons. The number of hydrogen-bond acceptors (Lipinski definition) is 5. The van der Waals surface area contributed by atoms with Crippen molar-refractivity contribution in [3.8, 4) is 0 Å². The number of likely N-dealkylation sites (N-methyl/N-ethyl adjacent to an activating group) is 1. The molecular formula is C12H22N2O4. The van der Waals surface area contributed by atoms with Gasteiger partial charge in [0.15, 0.2) is 0 Å². The minimum atomic E-state index is -0.527. The zero-order valence-electron chi connectivity index (χ0n) is 11.7. The van der Waals surface area contributed by atoms with Gasteiger partial charge in [-0.15, -0.1) is 0 Å². The van der Waals surface area contributed by atoms with E-state index >= 15 is 0 Å². The number of hydrogen-bond donors (Lipinski definition) is 0. The number of carbonyl (C=O) groups is 2. The fourth-order valence-electron chi connectivity index (χ4n) is 1.76. The van der Waals surface area contributed by atoms with Crippen LogP contribution in [-0.2, 0) is 14.3 Å². The van der Waals surface area contributed by atoms with E-state index in [2.05, 4.69) is 0 Å². The predicted octanol–water partition coefficient (Wildman–Crippen LogP) is 0.710. The van der Waals surface area contributed by atoms with Gasteiger partial charge >= 0.3 is 12.1 Å². The van der Waals surface area contributed by atoms with Crippen molar-refractivity contribution in [2.75, 3.05) is 33.8 Å². The Morgan fingerprint density at radius 3 is 2.33 bits per heavy atom. The molecule has 6 nitrogen and oxygen atoms in total. The molecule has 18 heavy (non-hydrogen) atoms. The van der Waals surface area contributed by atoms with Gasteiger partial charge < -0.3 is 14.4 Å². The molecule has 1 heterocycles. The van der Waals surface area contributed by atoms with E-state index in [0.717, 1.165) is 0 Å². The van der Waals surface area contributed by atoms with Gasteiger partial charge in [-0.1, -0.05) is 0 Å². The van der Waals surface area contributed by atoms with E-state index in [1.54, 1.807) is 4.90 Å². The van der Waals surface area contributed by atoms with Crippen molar-refractivity contribution >= 4 is 12.1 Å². The monoisotopic (exact) mass is 258 g/mol. The Hall–Kier alpha value is -1.30. The van der Waals surface area contributed by atoms with Crippen molar-refractivity contribution in [3.05, 3.63) is 0 Å². The van der Waals surface area contributed by atoms with Crippen LogP contribution in [0.2, 0.25) is 0 Å². The van der Waals surface area contributed by atoms with Crippen molar-refractivity contribution in [3.63, 3.8) is 0 Å². The fraction of sp³-hybridized carbons (Fsp3) is 0.833. The van der Waals surface area contributed by atoms with Crippen LogP contribution in [0.3, 0.4) is 0 Å². The quantitative estimate of drug-likeness (QED) is 0.648. The number of carbonyl (C=O) groups excluding carboxylic acids is 2. The first-order valence-corrected chi connectivity index (χ1v) is 6.00. The first-order valence-electron chi connectivity index (χ1n) is 6.00. The largest absolute Gasteiger partial charge is 0.468 e. The lowest BCUT2D eigenvalue weighted by Gasteiger charge is -2.38. The highest BCUT2D eigenvalue weighted by Gasteiger charge is 2.34. The molecule has 1 aliphatic heterocycles. The van der Waals surface area contributed by atoms with Crippen LogP contribution < -0.4 is 0 Å². The minimum absolute atomic E-state index is 0.304. The van der Waals surface area contributed by atoms with E-state index in [0.29, 0.717) is 19.6 Å². The summed E-state index contributed by atoms with van der Waals surface area (Å²) in [7, 11) is 3.19. The van der Waals surface area contributed by atoms with Crippen LogP contribution in [-0.4, -0.2) is 67.3 Å². The van der Waals surface area contributed by atoms with Gasteiger partial charge in [-0.2, -0.15) is 0 Å². The SMILES string of the molecule is COC(=O)[C@@H]1CN(C(=O)OC(C)(C)C)CCN1C. The molecule has 0 N–H and O–H groups in total. The topological polar surface area (TPSA) is 59.1 Å². The summed E-state index contributed by atoms with van der Waals surface area (Å²) >= 11 is 0. The standard InChI is InChI=1S/C12H22N2O4/c1-12(2,3)18-11(16)14-7-6-13(4)9(8-14)10(15)17-5/h9H,6-8H2,1-5H3/t9-/m0/s1. The normalized spacial score (nSPS) is 21.6. The van der Waals surface area contributed by atoms with E-state index in [1.165, 1.54) is 7.11 Å². The predicted molar refractivity (Wildman–Crippen MR) is 66.2 cm³/mol. The molecule has 1 aliphatic rings. The average molecular weight is 258 g/mol. The van der Waals surface area contributed by atoms with Gasteiger partial charge in [-0.25, -0.2) is 4.79 Å². The molecule has 0 aromatic heterocycles. The van der Waals surface area contributed by atoms with Crippen LogP contribution in [0.25, 0.3) is 0 Å². The summed E-state index contributed by atoms with van der Waals surface area (Å²) in [5.41, 5.74) is -0.527. The summed E-state index contributed by atoms with van der Waals surface area (Å²) in [6.45, 7) is 6.94. The molecule has 0 aromatic carbocycles. The molecule has 1 amide bonds. The molecule has 1 saturated heterocycles. The van der Waals surface area contributed by atoms with Crippen LogP contribution in [0.5, 0.6) is 0 Å². The Kier molecular flexibility index (Phi) is 4.56. The zero-order chi connectivity index (χ0) is 13.9. The van der Waals surface area contributed by atoms with Gasteiger partial charge in [0, 0.05) is 13.1 Å². The third kappa shape index (κ3) is 3.87. The van der Waals surface area contributed by atoms with Gasteiger partial charge in [0.05, 0.1) is 13.7 Å². The Morgan fingerprint density at radius 2 is 1.83 bits per heavy atom. The molecule has 104 valence electrons. The molecule has 0 aliphatic carbocycles. The number of rotatable bonds is 1. The first kappa shape index (κ1) is 14.8. The number of methoxy groups -OCH3 is 1. The van der Waals surface area contributed by atoms with Gasteiger partial charge in [-0.05, 0) is 27.8 Å². The van der Waals surface area contributed by atoms with Crippen molar-refractivity contribution in [1.82, 2.24) is 9.80 Å². The second-order valence-electron chi connectivity index (χ2n) is 5.45. The number of ether oxygens (including phenoxy) is 2.